The average molecular weight is 356 g/mol. The summed E-state index contributed by atoms with van der Waals surface area (Å²) < 4.78 is 7.40. The number of hydrogen-bond donors (Lipinski definition) is 1. The highest BCUT2D eigenvalue weighted by Crippen LogP contribution is 2.50. The van der Waals surface area contributed by atoms with Gasteiger partial charge >= 0.3 is 0 Å². The van der Waals surface area contributed by atoms with Crippen molar-refractivity contribution in [3.8, 4) is 0 Å². The monoisotopic (exact) mass is 355 g/mol. The molecule has 1 saturated heterocycles. The van der Waals surface area contributed by atoms with Crippen LogP contribution < -0.4 is 5.32 Å². The molecule has 2 saturated carbocycles. The maximum atomic E-state index is 6.18. The summed E-state index contributed by atoms with van der Waals surface area (Å²) in [5.41, 5.74) is 0.341. The molecule has 0 amide bonds. The molecule has 0 radical (unpaired) electrons. The van der Waals surface area contributed by atoms with Crippen LogP contribution in [-0.2, 0) is 11.2 Å². The van der Waals surface area contributed by atoms with Crippen LogP contribution in [0.1, 0.15) is 37.0 Å². The first-order valence-electron chi connectivity index (χ1n) is 7.83. The summed E-state index contributed by atoms with van der Waals surface area (Å²) in [5.74, 6) is 0.835. The molecule has 1 N–H and O–H groups in total. The quantitative estimate of drug-likeness (QED) is 0.832. The van der Waals surface area contributed by atoms with Crippen LogP contribution in [0.2, 0.25) is 0 Å². The van der Waals surface area contributed by atoms with Crippen LogP contribution in [0.4, 0.5) is 0 Å². The lowest BCUT2D eigenvalue weighted by Gasteiger charge is -2.34. The first kappa shape index (κ1) is 13.7. The Hall–Kier alpha value is 0.1000. The third kappa shape index (κ3) is 2.85. The lowest BCUT2D eigenvalue weighted by molar-refractivity contribution is 0.0308. The molecule has 3 fully saturated rings. The van der Waals surface area contributed by atoms with Crippen molar-refractivity contribution < 1.29 is 4.74 Å². The molecule has 0 aromatic carbocycles. The topological polar surface area (TPSA) is 21.3 Å². The van der Waals surface area contributed by atoms with Crippen LogP contribution >= 0.6 is 27.3 Å². The molecule has 0 spiro atoms. The van der Waals surface area contributed by atoms with Crippen molar-refractivity contribution in [1.82, 2.24) is 5.32 Å². The van der Waals surface area contributed by atoms with Crippen molar-refractivity contribution in [2.24, 2.45) is 11.3 Å². The fraction of sp³-hybridized carbons (Fsp3) is 0.750. The summed E-state index contributed by atoms with van der Waals surface area (Å²) in [7, 11) is 0. The van der Waals surface area contributed by atoms with Crippen LogP contribution in [-0.4, -0.2) is 25.3 Å². The SMILES string of the molecule is Brc1csc(CC2(CNC3CC3)CCOC2C2CC2)c1. The molecule has 1 aliphatic heterocycles. The molecule has 1 aromatic heterocycles. The molecule has 2 atom stereocenters. The van der Waals surface area contributed by atoms with Gasteiger partial charge in [-0.3, -0.25) is 0 Å². The third-order valence-electron chi connectivity index (χ3n) is 5.02. The predicted molar refractivity (Wildman–Crippen MR) is 86.3 cm³/mol. The summed E-state index contributed by atoms with van der Waals surface area (Å²) in [5, 5.41) is 6.00. The summed E-state index contributed by atoms with van der Waals surface area (Å²) >= 11 is 5.48. The van der Waals surface area contributed by atoms with Gasteiger partial charge in [0.15, 0.2) is 0 Å². The van der Waals surface area contributed by atoms with E-state index in [-0.39, 0.29) is 0 Å². The fourth-order valence-electron chi connectivity index (χ4n) is 3.61. The Labute approximate surface area is 133 Å². The fourth-order valence-corrected chi connectivity index (χ4v) is 5.22. The molecule has 3 aliphatic rings. The van der Waals surface area contributed by atoms with E-state index in [9.17, 15) is 0 Å². The molecule has 0 bridgehead atoms. The number of halogens is 1. The molecule has 2 aliphatic carbocycles. The standard InChI is InChI=1S/C16H22BrNOS/c17-12-7-14(20-9-12)8-16(10-18-13-3-4-13)5-6-19-15(16)11-1-2-11/h7,9,11,13,15,18H,1-6,8,10H2. The molecule has 2 nitrogen and oxygen atoms in total. The van der Waals surface area contributed by atoms with Crippen molar-refractivity contribution in [2.45, 2.75) is 50.7 Å². The molecule has 4 rings (SSSR count). The minimum Gasteiger partial charge on any atom is -0.377 e. The Morgan fingerprint density at radius 1 is 1.35 bits per heavy atom. The predicted octanol–water partition coefficient (Wildman–Crippen LogP) is 3.99. The molecule has 2 unspecified atom stereocenters. The summed E-state index contributed by atoms with van der Waals surface area (Å²) in [6.45, 7) is 2.11. The number of rotatable bonds is 6. The van der Waals surface area contributed by atoms with Crippen molar-refractivity contribution in [1.29, 1.82) is 0 Å². The van der Waals surface area contributed by atoms with Crippen molar-refractivity contribution in [3.63, 3.8) is 0 Å². The Morgan fingerprint density at radius 3 is 2.85 bits per heavy atom. The van der Waals surface area contributed by atoms with Crippen LogP contribution in [0, 0.1) is 11.3 Å². The summed E-state index contributed by atoms with van der Waals surface area (Å²) in [4.78, 5) is 1.51. The number of hydrogen-bond acceptors (Lipinski definition) is 3. The molecule has 1 aromatic rings. The largest absolute Gasteiger partial charge is 0.377 e. The Kier molecular flexibility index (Phi) is 3.70. The van der Waals surface area contributed by atoms with Gasteiger partial charge in [0, 0.05) is 39.3 Å². The van der Waals surface area contributed by atoms with Crippen LogP contribution in [0.15, 0.2) is 15.9 Å². The summed E-state index contributed by atoms with van der Waals surface area (Å²) in [6.07, 6.45) is 8.40. The zero-order valence-corrected chi connectivity index (χ0v) is 14.1. The van der Waals surface area contributed by atoms with Crippen molar-refractivity contribution in [3.05, 3.63) is 20.8 Å². The first-order valence-corrected chi connectivity index (χ1v) is 9.50. The number of thiophene rings is 1. The van der Waals surface area contributed by atoms with Gasteiger partial charge in [-0.2, -0.15) is 0 Å². The Bertz CT molecular complexity index is 483. The van der Waals surface area contributed by atoms with Gasteiger partial charge in [-0.1, -0.05) is 0 Å². The zero-order valence-electron chi connectivity index (χ0n) is 11.7. The van der Waals surface area contributed by atoms with Crippen molar-refractivity contribution in [2.75, 3.05) is 13.2 Å². The molecule has 20 heavy (non-hydrogen) atoms. The van der Waals surface area contributed by atoms with Gasteiger partial charge in [0.25, 0.3) is 0 Å². The lowest BCUT2D eigenvalue weighted by Crippen LogP contribution is -2.44. The highest BCUT2D eigenvalue weighted by molar-refractivity contribution is 9.10. The second-order valence-electron chi connectivity index (χ2n) is 6.80. The van der Waals surface area contributed by atoms with E-state index in [4.69, 9.17) is 4.74 Å². The third-order valence-corrected chi connectivity index (χ3v) is 6.72. The van der Waals surface area contributed by atoms with Gasteiger partial charge in [-0.05, 0) is 66.4 Å². The number of ether oxygens (including phenoxy) is 1. The maximum Gasteiger partial charge on any atom is 0.0675 e. The van der Waals surface area contributed by atoms with Gasteiger partial charge < -0.3 is 10.1 Å². The van der Waals surface area contributed by atoms with Gasteiger partial charge in [0.1, 0.15) is 0 Å². The smallest absolute Gasteiger partial charge is 0.0675 e. The number of nitrogens with one attached hydrogen (secondary N) is 1. The molecule has 110 valence electrons. The van der Waals surface area contributed by atoms with E-state index in [1.165, 1.54) is 47.9 Å². The minimum atomic E-state index is 0.341. The van der Waals surface area contributed by atoms with Crippen LogP contribution in [0.5, 0.6) is 0 Å². The molecular weight excluding hydrogens is 334 g/mol. The molecule has 2 heterocycles. The average Bonchev–Trinajstić information content (AvgIpc) is 3.35. The molecular formula is C16H22BrNOS. The van der Waals surface area contributed by atoms with E-state index in [0.717, 1.165) is 25.1 Å². The van der Waals surface area contributed by atoms with Crippen LogP contribution in [0.25, 0.3) is 0 Å². The second-order valence-corrected chi connectivity index (χ2v) is 8.72. The first-order chi connectivity index (χ1) is 9.75. The van der Waals surface area contributed by atoms with Crippen LogP contribution in [0.3, 0.4) is 0 Å². The zero-order chi connectivity index (χ0) is 13.6. The van der Waals surface area contributed by atoms with Gasteiger partial charge in [-0.15, -0.1) is 11.3 Å². The van der Waals surface area contributed by atoms with Crippen molar-refractivity contribution >= 4 is 27.3 Å². The van der Waals surface area contributed by atoms with Gasteiger partial charge in [0.05, 0.1) is 6.10 Å². The van der Waals surface area contributed by atoms with E-state index in [1.54, 1.807) is 0 Å². The summed E-state index contributed by atoms with van der Waals surface area (Å²) in [6, 6.07) is 3.09. The lowest BCUT2D eigenvalue weighted by atomic mass is 9.75. The highest BCUT2D eigenvalue weighted by atomic mass is 79.9. The normalized spacial score (nSPS) is 33.8. The van der Waals surface area contributed by atoms with E-state index in [1.807, 2.05) is 11.3 Å². The maximum absolute atomic E-state index is 6.18. The van der Waals surface area contributed by atoms with E-state index >= 15 is 0 Å². The minimum absolute atomic E-state index is 0.341. The highest BCUT2D eigenvalue weighted by Gasteiger charge is 2.51. The van der Waals surface area contributed by atoms with E-state index in [0.29, 0.717) is 11.5 Å². The Balaban J connectivity index is 1.53. The molecule has 4 heteroatoms. The second kappa shape index (κ2) is 5.38. The van der Waals surface area contributed by atoms with E-state index < -0.39 is 0 Å². The van der Waals surface area contributed by atoms with Gasteiger partial charge in [0.2, 0.25) is 0 Å². The Morgan fingerprint density at radius 2 is 2.20 bits per heavy atom. The van der Waals surface area contributed by atoms with Gasteiger partial charge in [-0.25, -0.2) is 0 Å². The van der Waals surface area contributed by atoms with E-state index in [2.05, 4.69) is 32.7 Å².